The number of thioether (sulfide) groups is 1. The van der Waals surface area contributed by atoms with Crippen LogP contribution in [0.2, 0.25) is 0 Å². The molecule has 2 aromatic rings. The van der Waals surface area contributed by atoms with Crippen LogP contribution in [0.25, 0.3) is 10.4 Å². The molecular formula is C28H32N4O4S. The average molecular weight is 521 g/mol. The maximum absolute atomic E-state index is 13.4. The summed E-state index contributed by atoms with van der Waals surface area (Å²) in [5.74, 6) is -1.65. The number of nitrogens with zero attached hydrogens (tertiary/aromatic N) is 3. The van der Waals surface area contributed by atoms with Gasteiger partial charge in [-0.25, -0.2) is 9.59 Å². The van der Waals surface area contributed by atoms with Gasteiger partial charge in [-0.2, -0.15) is 0 Å². The molecule has 2 aromatic carbocycles. The Morgan fingerprint density at radius 1 is 1.05 bits per heavy atom. The van der Waals surface area contributed by atoms with Crippen LogP contribution in [0.4, 0.5) is 0 Å². The lowest BCUT2D eigenvalue weighted by atomic mass is 9.79. The average Bonchev–Trinajstić information content (AvgIpc) is 2.91. The highest BCUT2D eigenvalue weighted by Gasteiger charge is 2.39. The molecule has 0 saturated heterocycles. The lowest BCUT2D eigenvalue weighted by Crippen LogP contribution is -2.33. The Kier molecular flexibility index (Phi) is 10.2. The molecule has 0 amide bonds. The summed E-state index contributed by atoms with van der Waals surface area (Å²) in [5.41, 5.74) is 12.8. The minimum absolute atomic E-state index is 0.190. The van der Waals surface area contributed by atoms with Crippen molar-refractivity contribution < 1.29 is 19.1 Å². The Balaban J connectivity index is 2.13. The topological polar surface area (TPSA) is 113 Å². The summed E-state index contributed by atoms with van der Waals surface area (Å²) < 4.78 is 10.9. The molecule has 0 fully saturated rings. The number of dihydropyridines is 1. The Morgan fingerprint density at radius 2 is 1.73 bits per heavy atom. The van der Waals surface area contributed by atoms with Gasteiger partial charge < -0.3 is 14.8 Å². The van der Waals surface area contributed by atoms with E-state index < -0.39 is 23.9 Å². The smallest absolute Gasteiger partial charge is 0.336 e. The van der Waals surface area contributed by atoms with E-state index in [0.717, 1.165) is 16.0 Å². The number of rotatable bonds is 11. The largest absolute Gasteiger partial charge is 0.463 e. The van der Waals surface area contributed by atoms with Gasteiger partial charge in [-0.15, -0.1) is 11.8 Å². The first-order valence-corrected chi connectivity index (χ1v) is 13.5. The lowest BCUT2D eigenvalue weighted by Gasteiger charge is -2.32. The van der Waals surface area contributed by atoms with Crippen molar-refractivity contribution in [2.75, 3.05) is 19.5 Å². The van der Waals surface area contributed by atoms with Crippen LogP contribution >= 0.6 is 11.8 Å². The van der Waals surface area contributed by atoms with Crippen molar-refractivity contribution in [2.24, 2.45) is 5.11 Å². The summed E-state index contributed by atoms with van der Waals surface area (Å²) in [5, 5.41) is 7.29. The Hall–Kier alpha value is -3.68. The number of azide groups is 1. The molecule has 1 aliphatic rings. The summed E-state index contributed by atoms with van der Waals surface area (Å²) in [4.78, 5) is 30.6. The summed E-state index contributed by atoms with van der Waals surface area (Å²) in [6.45, 7) is 5.71. The van der Waals surface area contributed by atoms with Crippen LogP contribution in [0.15, 0.2) is 87.1 Å². The fourth-order valence-corrected chi connectivity index (χ4v) is 4.96. The van der Waals surface area contributed by atoms with Crippen LogP contribution in [0.5, 0.6) is 0 Å². The summed E-state index contributed by atoms with van der Waals surface area (Å²) in [6, 6.07) is 16.9. The van der Waals surface area contributed by atoms with Gasteiger partial charge >= 0.3 is 11.9 Å². The molecule has 37 heavy (non-hydrogen) atoms. The molecule has 1 aliphatic heterocycles. The SMILES string of the molecule is CCOC(=O)C1=C(C)NC(CCC(N=[N+]=[N-])c2ccccc2)=C(C(=O)OCC)C1c1cccc(SC)c1. The molecule has 1 N–H and O–H groups in total. The van der Waals surface area contributed by atoms with Crippen LogP contribution in [0.1, 0.15) is 56.7 Å². The number of allylic oxidation sites excluding steroid dienone is 2. The quantitative estimate of drug-likeness (QED) is 0.118. The van der Waals surface area contributed by atoms with Gasteiger partial charge in [0.1, 0.15) is 0 Å². The molecule has 2 atom stereocenters. The van der Waals surface area contributed by atoms with Crippen molar-refractivity contribution in [3.63, 3.8) is 0 Å². The molecule has 0 bridgehead atoms. The van der Waals surface area contributed by atoms with E-state index in [1.807, 2.05) is 67.8 Å². The second-order valence-electron chi connectivity index (χ2n) is 8.38. The maximum atomic E-state index is 13.4. The van der Waals surface area contributed by atoms with Gasteiger partial charge in [0, 0.05) is 21.2 Å². The Bertz CT molecular complexity index is 1240. The van der Waals surface area contributed by atoms with E-state index in [1.54, 1.807) is 25.6 Å². The van der Waals surface area contributed by atoms with Gasteiger partial charge in [0.15, 0.2) is 0 Å². The van der Waals surface area contributed by atoms with Crippen LogP contribution in [0, 0.1) is 0 Å². The third-order valence-electron chi connectivity index (χ3n) is 6.11. The molecule has 0 spiro atoms. The monoisotopic (exact) mass is 520 g/mol. The number of carbonyl (C=O) groups excluding carboxylic acids is 2. The van der Waals surface area contributed by atoms with Gasteiger partial charge in [-0.3, -0.25) is 0 Å². The van der Waals surface area contributed by atoms with Crippen molar-refractivity contribution in [1.29, 1.82) is 0 Å². The Labute approximate surface area is 221 Å². The molecule has 9 heteroatoms. The third kappa shape index (κ3) is 6.76. The highest BCUT2D eigenvalue weighted by atomic mass is 32.2. The molecule has 194 valence electrons. The number of carbonyl (C=O) groups is 2. The minimum atomic E-state index is -0.670. The minimum Gasteiger partial charge on any atom is -0.463 e. The molecule has 1 heterocycles. The summed E-state index contributed by atoms with van der Waals surface area (Å²) in [6.07, 6.45) is 2.83. The molecule has 0 aromatic heterocycles. The van der Waals surface area contributed by atoms with Gasteiger partial charge in [0.2, 0.25) is 0 Å². The van der Waals surface area contributed by atoms with E-state index in [1.165, 1.54) is 0 Å². The van der Waals surface area contributed by atoms with Gasteiger partial charge in [0.05, 0.1) is 36.3 Å². The first-order chi connectivity index (χ1) is 17.9. The van der Waals surface area contributed by atoms with E-state index in [-0.39, 0.29) is 13.2 Å². The molecular weight excluding hydrogens is 488 g/mol. The molecule has 2 unspecified atom stereocenters. The van der Waals surface area contributed by atoms with Gasteiger partial charge in [0.25, 0.3) is 0 Å². The van der Waals surface area contributed by atoms with E-state index in [9.17, 15) is 9.59 Å². The fourth-order valence-electron chi connectivity index (χ4n) is 4.49. The van der Waals surface area contributed by atoms with E-state index in [0.29, 0.717) is 35.4 Å². The number of benzene rings is 2. The van der Waals surface area contributed by atoms with Gasteiger partial charge in [-0.05, 0) is 68.7 Å². The second-order valence-corrected chi connectivity index (χ2v) is 9.26. The van der Waals surface area contributed by atoms with Crippen molar-refractivity contribution >= 4 is 23.7 Å². The second kappa shape index (κ2) is 13.6. The molecule has 0 saturated carbocycles. The van der Waals surface area contributed by atoms with Gasteiger partial charge in [-0.1, -0.05) is 47.6 Å². The fraction of sp³-hybridized carbons (Fsp3) is 0.357. The Morgan fingerprint density at radius 3 is 2.35 bits per heavy atom. The summed E-state index contributed by atoms with van der Waals surface area (Å²) >= 11 is 1.58. The standard InChI is InChI=1S/C28H32N4O4S/c1-5-35-27(33)24-18(3)30-23(16-15-22(31-32-29)19-11-8-7-9-12-19)26(28(34)36-6-2)25(24)20-13-10-14-21(17-20)37-4/h7-14,17,22,25,30H,5-6,15-16H2,1-4H3. The normalized spacial score (nSPS) is 15.9. The van der Waals surface area contributed by atoms with Crippen LogP contribution in [-0.2, 0) is 19.1 Å². The number of nitrogens with one attached hydrogen (secondary N) is 1. The number of ether oxygens (including phenoxy) is 2. The third-order valence-corrected chi connectivity index (χ3v) is 6.83. The van der Waals surface area contributed by atoms with Crippen LogP contribution in [-0.4, -0.2) is 31.4 Å². The first kappa shape index (κ1) is 27.9. The van der Waals surface area contributed by atoms with Crippen molar-refractivity contribution in [2.45, 2.75) is 50.5 Å². The predicted octanol–water partition coefficient (Wildman–Crippen LogP) is 6.58. The highest BCUT2D eigenvalue weighted by Crippen LogP contribution is 2.41. The lowest BCUT2D eigenvalue weighted by molar-refractivity contribution is -0.139. The first-order valence-electron chi connectivity index (χ1n) is 12.2. The number of esters is 2. The zero-order chi connectivity index (χ0) is 26.8. The van der Waals surface area contributed by atoms with Crippen molar-refractivity contribution in [3.8, 4) is 0 Å². The van der Waals surface area contributed by atoms with E-state index >= 15 is 0 Å². The molecule has 8 nitrogen and oxygen atoms in total. The summed E-state index contributed by atoms with van der Waals surface area (Å²) in [7, 11) is 0. The predicted molar refractivity (Wildman–Crippen MR) is 145 cm³/mol. The zero-order valence-electron chi connectivity index (χ0n) is 21.6. The molecule has 0 aliphatic carbocycles. The van der Waals surface area contributed by atoms with Crippen LogP contribution in [0.3, 0.4) is 0 Å². The number of hydrogen-bond acceptors (Lipinski definition) is 7. The number of hydrogen-bond donors (Lipinski definition) is 1. The van der Waals surface area contributed by atoms with E-state index in [2.05, 4.69) is 15.3 Å². The molecule has 0 radical (unpaired) electrons. The van der Waals surface area contributed by atoms with Crippen molar-refractivity contribution in [1.82, 2.24) is 5.32 Å². The maximum Gasteiger partial charge on any atom is 0.336 e. The zero-order valence-corrected chi connectivity index (χ0v) is 22.4. The van der Waals surface area contributed by atoms with Crippen LogP contribution < -0.4 is 5.32 Å². The van der Waals surface area contributed by atoms with Crippen molar-refractivity contribution in [3.05, 3.63) is 98.7 Å². The highest BCUT2D eigenvalue weighted by molar-refractivity contribution is 7.98. The molecule has 3 rings (SSSR count). The van der Waals surface area contributed by atoms with E-state index in [4.69, 9.17) is 15.0 Å².